The van der Waals surface area contributed by atoms with Gasteiger partial charge in [-0.15, -0.1) is 0 Å². The number of hydrogen-bond donors (Lipinski definition) is 3. The van der Waals surface area contributed by atoms with Gasteiger partial charge in [-0.3, -0.25) is 14.5 Å². The van der Waals surface area contributed by atoms with E-state index in [2.05, 4.69) is 25.8 Å². The predicted molar refractivity (Wildman–Crippen MR) is 113 cm³/mol. The van der Waals surface area contributed by atoms with Crippen LogP contribution in [-0.2, 0) is 16.6 Å². The first kappa shape index (κ1) is 21.0. The molecule has 3 rings (SSSR count). The Morgan fingerprint density at radius 3 is 2.59 bits per heavy atom. The third-order valence-electron chi connectivity index (χ3n) is 5.25. The molecule has 29 heavy (non-hydrogen) atoms. The van der Waals surface area contributed by atoms with Gasteiger partial charge in [0.2, 0.25) is 11.8 Å². The summed E-state index contributed by atoms with van der Waals surface area (Å²) >= 11 is 0. The van der Waals surface area contributed by atoms with Crippen molar-refractivity contribution >= 4 is 17.5 Å². The normalized spacial score (nSPS) is 17.2. The Balaban J connectivity index is 1.54. The fourth-order valence-electron chi connectivity index (χ4n) is 3.87. The van der Waals surface area contributed by atoms with Gasteiger partial charge in [0.05, 0.1) is 19.1 Å². The molecule has 1 fully saturated rings. The van der Waals surface area contributed by atoms with E-state index in [1.807, 2.05) is 50.7 Å². The van der Waals surface area contributed by atoms with Crippen molar-refractivity contribution in [3.05, 3.63) is 47.0 Å². The highest BCUT2D eigenvalue weighted by atomic mass is 16.2. The SMILES string of the molecule is Cc1cc(C)c(NC(=O)CNC(=O)CN2CCNCC2c2nccn2C)c(C)c1. The van der Waals surface area contributed by atoms with E-state index in [0.29, 0.717) is 0 Å². The first-order valence-electron chi connectivity index (χ1n) is 9.91. The Hall–Kier alpha value is -2.71. The van der Waals surface area contributed by atoms with E-state index in [1.165, 1.54) is 0 Å². The summed E-state index contributed by atoms with van der Waals surface area (Å²) in [7, 11) is 1.95. The second-order valence-electron chi connectivity index (χ2n) is 7.69. The Morgan fingerprint density at radius 1 is 1.21 bits per heavy atom. The number of carbonyl (C=O) groups is 2. The molecular formula is C21H30N6O2. The van der Waals surface area contributed by atoms with E-state index >= 15 is 0 Å². The lowest BCUT2D eigenvalue weighted by Crippen LogP contribution is -2.50. The van der Waals surface area contributed by atoms with E-state index in [4.69, 9.17) is 0 Å². The first-order valence-corrected chi connectivity index (χ1v) is 9.91. The van der Waals surface area contributed by atoms with Crippen LogP contribution in [0.2, 0.25) is 0 Å². The Labute approximate surface area is 171 Å². The molecule has 2 amide bonds. The summed E-state index contributed by atoms with van der Waals surface area (Å²) in [5.74, 6) is 0.529. The lowest BCUT2D eigenvalue weighted by molar-refractivity contribution is -0.125. The number of piperazine rings is 1. The van der Waals surface area contributed by atoms with Gasteiger partial charge in [-0.2, -0.15) is 0 Å². The van der Waals surface area contributed by atoms with E-state index in [1.54, 1.807) is 6.20 Å². The average molecular weight is 399 g/mol. The maximum Gasteiger partial charge on any atom is 0.243 e. The number of anilines is 1. The molecule has 1 aliphatic heterocycles. The lowest BCUT2D eigenvalue weighted by Gasteiger charge is -2.35. The van der Waals surface area contributed by atoms with Gasteiger partial charge in [-0.25, -0.2) is 4.98 Å². The minimum atomic E-state index is -0.227. The van der Waals surface area contributed by atoms with Gasteiger partial charge in [0.15, 0.2) is 0 Å². The molecule has 1 aliphatic rings. The number of benzene rings is 1. The Bertz CT molecular complexity index is 868. The van der Waals surface area contributed by atoms with Gasteiger partial charge in [0.1, 0.15) is 5.82 Å². The molecule has 3 N–H and O–H groups in total. The Kier molecular flexibility index (Phi) is 6.66. The number of aryl methyl sites for hydroxylation is 4. The quantitative estimate of drug-likeness (QED) is 0.677. The summed E-state index contributed by atoms with van der Waals surface area (Å²) in [4.78, 5) is 31.3. The van der Waals surface area contributed by atoms with Crippen LogP contribution in [0.25, 0.3) is 0 Å². The van der Waals surface area contributed by atoms with Crippen LogP contribution in [0.4, 0.5) is 5.69 Å². The van der Waals surface area contributed by atoms with E-state index < -0.39 is 0 Å². The number of nitrogens with one attached hydrogen (secondary N) is 3. The fraction of sp³-hybridized carbons (Fsp3) is 0.476. The van der Waals surface area contributed by atoms with Crippen LogP contribution in [-0.4, -0.2) is 59.0 Å². The molecule has 156 valence electrons. The van der Waals surface area contributed by atoms with Gasteiger partial charge >= 0.3 is 0 Å². The summed E-state index contributed by atoms with van der Waals surface area (Å²) in [6.45, 7) is 8.46. The lowest BCUT2D eigenvalue weighted by atomic mass is 10.1. The van der Waals surface area contributed by atoms with Crippen LogP contribution in [0.5, 0.6) is 0 Å². The van der Waals surface area contributed by atoms with Crippen LogP contribution in [0.1, 0.15) is 28.6 Å². The van der Waals surface area contributed by atoms with Crippen LogP contribution in [0.15, 0.2) is 24.5 Å². The molecule has 0 spiro atoms. The summed E-state index contributed by atoms with van der Waals surface area (Å²) in [5, 5.41) is 9.01. The Morgan fingerprint density at radius 2 is 1.93 bits per heavy atom. The van der Waals surface area contributed by atoms with Crippen molar-refractivity contribution in [1.82, 2.24) is 25.1 Å². The smallest absolute Gasteiger partial charge is 0.243 e. The van der Waals surface area contributed by atoms with Crippen molar-refractivity contribution in [2.75, 3.05) is 38.0 Å². The molecular weight excluding hydrogens is 368 g/mol. The van der Waals surface area contributed by atoms with Crippen molar-refractivity contribution in [3.8, 4) is 0 Å². The molecule has 2 aromatic rings. The van der Waals surface area contributed by atoms with Crippen molar-refractivity contribution in [1.29, 1.82) is 0 Å². The topological polar surface area (TPSA) is 91.3 Å². The number of nitrogens with zero attached hydrogens (tertiary/aromatic N) is 3. The van der Waals surface area contributed by atoms with Crippen molar-refractivity contribution < 1.29 is 9.59 Å². The van der Waals surface area contributed by atoms with Crippen molar-refractivity contribution in [2.45, 2.75) is 26.8 Å². The standard InChI is InChI=1S/C21H30N6O2/c1-14-9-15(2)20(16(3)10-14)25-18(28)12-24-19(29)13-27-8-5-22-11-17(27)21-23-6-7-26(21)4/h6-7,9-10,17,22H,5,8,11-13H2,1-4H3,(H,24,29)(H,25,28). The molecule has 0 bridgehead atoms. The molecule has 1 saturated heterocycles. The summed E-state index contributed by atoms with van der Waals surface area (Å²) in [6, 6.07) is 4.09. The summed E-state index contributed by atoms with van der Waals surface area (Å²) in [5.41, 5.74) is 4.00. The monoisotopic (exact) mass is 398 g/mol. The number of aromatic nitrogens is 2. The van der Waals surface area contributed by atoms with E-state index in [-0.39, 0.29) is 30.9 Å². The van der Waals surface area contributed by atoms with Gasteiger partial charge < -0.3 is 20.5 Å². The largest absolute Gasteiger partial charge is 0.346 e. The molecule has 8 heteroatoms. The molecule has 0 radical (unpaired) electrons. The van der Waals surface area contributed by atoms with Crippen molar-refractivity contribution in [3.63, 3.8) is 0 Å². The zero-order valence-corrected chi connectivity index (χ0v) is 17.6. The fourth-order valence-corrected chi connectivity index (χ4v) is 3.87. The van der Waals surface area contributed by atoms with E-state index in [0.717, 1.165) is 47.8 Å². The highest BCUT2D eigenvalue weighted by Crippen LogP contribution is 2.22. The number of amides is 2. The van der Waals surface area contributed by atoms with Crippen LogP contribution in [0, 0.1) is 20.8 Å². The van der Waals surface area contributed by atoms with Crippen molar-refractivity contribution in [2.24, 2.45) is 7.05 Å². The average Bonchev–Trinajstić information content (AvgIpc) is 3.09. The maximum absolute atomic E-state index is 12.5. The molecule has 1 unspecified atom stereocenters. The summed E-state index contributed by atoms with van der Waals surface area (Å²) < 4.78 is 1.97. The van der Waals surface area contributed by atoms with Gasteiger partial charge in [0, 0.05) is 44.8 Å². The molecule has 0 aliphatic carbocycles. The third-order valence-corrected chi connectivity index (χ3v) is 5.25. The van der Waals surface area contributed by atoms with Gasteiger partial charge in [-0.1, -0.05) is 17.7 Å². The third kappa shape index (κ3) is 5.21. The molecule has 2 heterocycles. The minimum absolute atomic E-state index is 0.0289. The first-order chi connectivity index (χ1) is 13.8. The highest BCUT2D eigenvalue weighted by Gasteiger charge is 2.28. The molecule has 1 atom stereocenters. The second-order valence-corrected chi connectivity index (χ2v) is 7.69. The zero-order chi connectivity index (χ0) is 21.0. The molecule has 1 aromatic heterocycles. The number of carbonyl (C=O) groups excluding carboxylic acids is 2. The zero-order valence-electron chi connectivity index (χ0n) is 17.6. The van der Waals surface area contributed by atoms with Gasteiger partial charge in [-0.05, 0) is 31.9 Å². The minimum Gasteiger partial charge on any atom is -0.346 e. The molecule has 1 aromatic carbocycles. The van der Waals surface area contributed by atoms with E-state index in [9.17, 15) is 9.59 Å². The second kappa shape index (κ2) is 9.19. The van der Waals surface area contributed by atoms with Crippen LogP contribution in [0.3, 0.4) is 0 Å². The van der Waals surface area contributed by atoms with Crippen LogP contribution >= 0.6 is 0 Å². The summed E-state index contributed by atoms with van der Waals surface area (Å²) in [6.07, 6.45) is 3.67. The number of imidazole rings is 1. The number of hydrogen-bond acceptors (Lipinski definition) is 5. The molecule has 0 saturated carbocycles. The predicted octanol–water partition coefficient (Wildman–Crippen LogP) is 1.05. The maximum atomic E-state index is 12.5. The molecule has 8 nitrogen and oxygen atoms in total. The van der Waals surface area contributed by atoms with Crippen LogP contribution < -0.4 is 16.0 Å². The van der Waals surface area contributed by atoms with Gasteiger partial charge in [0.25, 0.3) is 0 Å². The highest BCUT2D eigenvalue weighted by molar-refractivity contribution is 5.96. The number of rotatable bonds is 6.